The van der Waals surface area contributed by atoms with Crippen LogP contribution in [0.2, 0.25) is 0 Å². The molecule has 0 bridgehead atoms. The molecule has 0 aliphatic rings. The van der Waals surface area contributed by atoms with Crippen molar-refractivity contribution >= 4 is 17.2 Å². The average Bonchev–Trinajstić information content (AvgIpc) is 3.11. The minimum Gasteiger partial charge on any atom is -0.483 e. The standard InChI is InChI=1S/C21H22N2O2S/c1-15-7-6-8-16(2)20(15)25-13-19(24)22-12-11-18-14-26-21(23-18)17-9-4-3-5-10-17/h3-10,14H,11-13H2,1-2H3,(H,22,24). The van der Waals surface area contributed by atoms with Crippen LogP contribution in [0.1, 0.15) is 16.8 Å². The lowest BCUT2D eigenvalue weighted by Crippen LogP contribution is -2.30. The minimum atomic E-state index is -0.119. The van der Waals surface area contributed by atoms with Crippen LogP contribution in [0, 0.1) is 13.8 Å². The number of aromatic nitrogens is 1. The smallest absolute Gasteiger partial charge is 0.257 e. The average molecular weight is 366 g/mol. The van der Waals surface area contributed by atoms with Gasteiger partial charge >= 0.3 is 0 Å². The van der Waals surface area contributed by atoms with Crippen LogP contribution in [0.15, 0.2) is 53.9 Å². The first-order valence-electron chi connectivity index (χ1n) is 8.59. The third-order valence-corrected chi connectivity index (χ3v) is 4.97. The van der Waals surface area contributed by atoms with Gasteiger partial charge in [-0.3, -0.25) is 4.79 Å². The van der Waals surface area contributed by atoms with Gasteiger partial charge in [-0.15, -0.1) is 11.3 Å². The van der Waals surface area contributed by atoms with Crippen molar-refractivity contribution in [3.63, 3.8) is 0 Å². The lowest BCUT2D eigenvalue weighted by molar-refractivity contribution is -0.123. The molecule has 0 spiro atoms. The number of rotatable bonds is 7. The molecule has 3 rings (SSSR count). The monoisotopic (exact) mass is 366 g/mol. The predicted octanol–water partition coefficient (Wildman–Crippen LogP) is 4.16. The van der Waals surface area contributed by atoms with Crippen LogP contribution in [-0.4, -0.2) is 24.0 Å². The van der Waals surface area contributed by atoms with Gasteiger partial charge in [0, 0.05) is 23.9 Å². The van der Waals surface area contributed by atoms with Crippen molar-refractivity contribution in [1.29, 1.82) is 0 Å². The Balaban J connectivity index is 1.45. The molecule has 3 aromatic rings. The third kappa shape index (κ3) is 4.70. The van der Waals surface area contributed by atoms with Crippen LogP contribution in [-0.2, 0) is 11.2 Å². The maximum Gasteiger partial charge on any atom is 0.257 e. The van der Waals surface area contributed by atoms with E-state index in [1.165, 1.54) is 0 Å². The number of nitrogens with one attached hydrogen (secondary N) is 1. The zero-order valence-corrected chi connectivity index (χ0v) is 15.8. The fraction of sp³-hybridized carbons (Fsp3) is 0.238. The van der Waals surface area contributed by atoms with Crippen molar-refractivity contribution in [2.45, 2.75) is 20.3 Å². The normalized spacial score (nSPS) is 10.5. The first kappa shape index (κ1) is 18.1. The minimum absolute atomic E-state index is 0.0258. The Bertz CT molecular complexity index is 854. The number of carbonyl (C=O) groups excluding carboxylic acids is 1. The van der Waals surface area contributed by atoms with Crippen LogP contribution in [0.3, 0.4) is 0 Å². The third-order valence-electron chi connectivity index (χ3n) is 4.03. The van der Waals surface area contributed by atoms with Gasteiger partial charge in [-0.2, -0.15) is 0 Å². The molecule has 26 heavy (non-hydrogen) atoms. The molecule has 1 heterocycles. The fourth-order valence-electron chi connectivity index (χ4n) is 2.68. The number of hydrogen-bond acceptors (Lipinski definition) is 4. The van der Waals surface area contributed by atoms with E-state index in [0.717, 1.165) is 33.1 Å². The van der Waals surface area contributed by atoms with Gasteiger partial charge in [0.05, 0.1) is 5.69 Å². The highest BCUT2D eigenvalue weighted by molar-refractivity contribution is 7.13. The summed E-state index contributed by atoms with van der Waals surface area (Å²) in [6.07, 6.45) is 0.707. The van der Waals surface area contributed by atoms with E-state index in [0.29, 0.717) is 13.0 Å². The summed E-state index contributed by atoms with van der Waals surface area (Å²) in [4.78, 5) is 16.6. The first-order chi connectivity index (χ1) is 12.6. The van der Waals surface area contributed by atoms with Crippen molar-refractivity contribution in [3.8, 4) is 16.3 Å². The number of thiazole rings is 1. The summed E-state index contributed by atoms with van der Waals surface area (Å²) in [6.45, 7) is 4.53. The molecular weight excluding hydrogens is 344 g/mol. The number of para-hydroxylation sites is 1. The molecule has 0 aliphatic carbocycles. The molecule has 2 aromatic carbocycles. The molecule has 0 atom stereocenters. The second-order valence-corrected chi connectivity index (χ2v) is 6.98. The van der Waals surface area contributed by atoms with Gasteiger partial charge in [-0.1, -0.05) is 48.5 Å². The summed E-state index contributed by atoms with van der Waals surface area (Å²) < 4.78 is 5.67. The van der Waals surface area contributed by atoms with E-state index in [4.69, 9.17) is 4.74 Å². The summed E-state index contributed by atoms with van der Waals surface area (Å²) >= 11 is 1.62. The number of ether oxygens (including phenoxy) is 1. The number of benzene rings is 2. The number of carbonyl (C=O) groups is 1. The summed E-state index contributed by atoms with van der Waals surface area (Å²) in [7, 11) is 0. The second kappa shape index (κ2) is 8.63. The van der Waals surface area contributed by atoms with Crippen LogP contribution >= 0.6 is 11.3 Å². The lowest BCUT2D eigenvalue weighted by Gasteiger charge is -2.11. The van der Waals surface area contributed by atoms with E-state index in [9.17, 15) is 4.79 Å². The number of aryl methyl sites for hydroxylation is 2. The molecule has 1 aromatic heterocycles. The maximum atomic E-state index is 12.0. The fourth-order valence-corrected chi connectivity index (χ4v) is 3.54. The van der Waals surface area contributed by atoms with Crippen molar-refractivity contribution in [1.82, 2.24) is 10.3 Å². The molecule has 0 saturated carbocycles. The Kier molecular flexibility index (Phi) is 6.02. The molecular formula is C21H22N2O2S. The molecule has 0 aliphatic heterocycles. The Hall–Kier alpha value is -2.66. The molecule has 1 N–H and O–H groups in total. The summed E-state index contributed by atoms with van der Waals surface area (Å²) in [5, 5.41) is 5.94. The predicted molar refractivity (Wildman–Crippen MR) is 106 cm³/mol. The highest BCUT2D eigenvalue weighted by Gasteiger charge is 2.08. The largest absolute Gasteiger partial charge is 0.483 e. The quantitative estimate of drug-likeness (QED) is 0.683. The first-order valence-corrected chi connectivity index (χ1v) is 9.47. The molecule has 4 nitrogen and oxygen atoms in total. The topological polar surface area (TPSA) is 51.2 Å². The van der Waals surface area contributed by atoms with Crippen molar-refractivity contribution < 1.29 is 9.53 Å². The van der Waals surface area contributed by atoms with Crippen LogP contribution in [0.5, 0.6) is 5.75 Å². The molecule has 0 fully saturated rings. The van der Waals surface area contributed by atoms with Crippen molar-refractivity contribution in [2.75, 3.05) is 13.2 Å². The lowest BCUT2D eigenvalue weighted by atomic mass is 10.1. The van der Waals surface area contributed by atoms with Gasteiger partial charge < -0.3 is 10.1 Å². The van der Waals surface area contributed by atoms with Crippen molar-refractivity contribution in [2.24, 2.45) is 0 Å². The Morgan fingerprint density at radius 1 is 1.08 bits per heavy atom. The zero-order valence-electron chi connectivity index (χ0n) is 15.0. The van der Waals surface area contributed by atoms with Gasteiger partial charge in [-0.05, 0) is 25.0 Å². The highest BCUT2D eigenvalue weighted by atomic mass is 32.1. The molecule has 0 saturated heterocycles. The van der Waals surface area contributed by atoms with E-state index in [1.54, 1.807) is 11.3 Å². The van der Waals surface area contributed by atoms with Gasteiger partial charge in [0.15, 0.2) is 6.61 Å². The molecule has 0 radical (unpaired) electrons. The molecule has 5 heteroatoms. The van der Waals surface area contributed by atoms with E-state index in [2.05, 4.69) is 22.4 Å². The Labute approximate surface area is 157 Å². The summed E-state index contributed by atoms with van der Waals surface area (Å²) in [5.74, 6) is 0.667. The van der Waals surface area contributed by atoms with E-state index >= 15 is 0 Å². The Morgan fingerprint density at radius 3 is 2.54 bits per heavy atom. The van der Waals surface area contributed by atoms with Crippen LogP contribution < -0.4 is 10.1 Å². The van der Waals surface area contributed by atoms with Crippen LogP contribution in [0.25, 0.3) is 10.6 Å². The zero-order chi connectivity index (χ0) is 18.4. The van der Waals surface area contributed by atoms with Gasteiger partial charge in [-0.25, -0.2) is 4.98 Å². The maximum absolute atomic E-state index is 12.0. The highest BCUT2D eigenvalue weighted by Crippen LogP contribution is 2.23. The number of amides is 1. The van der Waals surface area contributed by atoms with Crippen LogP contribution in [0.4, 0.5) is 0 Å². The Morgan fingerprint density at radius 2 is 1.81 bits per heavy atom. The van der Waals surface area contributed by atoms with Gasteiger partial charge in [0.25, 0.3) is 5.91 Å². The van der Waals surface area contributed by atoms with Crippen molar-refractivity contribution in [3.05, 3.63) is 70.7 Å². The summed E-state index contributed by atoms with van der Waals surface area (Å²) in [6, 6.07) is 16.0. The van der Waals surface area contributed by atoms with E-state index < -0.39 is 0 Å². The number of hydrogen-bond donors (Lipinski definition) is 1. The number of nitrogens with zero attached hydrogens (tertiary/aromatic N) is 1. The molecule has 0 unspecified atom stereocenters. The SMILES string of the molecule is Cc1cccc(C)c1OCC(=O)NCCc1csc(-c2ccccc2)n1. The van der Waals surface area contributed by atoms with E-state index in [1.807, 2.05) is 55.6 Å². The van der Waals surface area contributed by atoms with Gasteiger partial charge in [0.1, 0.15) is 10.8 Å². The molecule has 134 valence electrons. The van der Waals surface area contributed by atoms with E-state index in [-0.39, 0.29) is 12.5 Å². The second-order valence-electron chi connectivity index (χ2n) is 6.12. The van der Waals surface area contributed by atoms with Gasteiger partial charge in [0.2, 0.25) is 0 Å². The summed E-state index contributed by atoms with van der Waals surface area (Å²) in [5.41, 5.74) is 4.18. The molecule has 1 amide bonds.